The Hall–Kier alpha value is -4.50. The average molecular weight is 581 g/mol. The van der Waals surface area contributed by atoms with Crippen LogP contribution >= 0.6 is 0 Å². The van der Waals surface area contributed by atoms with Gasteiger partial charge in [0.25, 0.3) is 0 Å². The number of nitrogens with zero attached hydrogens (tertiary/aromatic N) is 4. The molecule has 9 heteroatoms. The van der Waals surface area contributed by atoms with E-state index in [1.807, 2.05) is 29.1 Å². The highest BCUT2D eigenvalue weighted by atomic mass is 16.3. The molecule has 1 fully saturated rings. The molecule has 1 aliphatic heterocycles. The van der Waals surface area contributed by atoms with Gasteiger partial charge in [-0.2, -0.15) is 5.10 Å². The van der Waals surface area contributed by atoms with Crippen LogP contribution in [0.25, 0.3) is 16.9 Å². The largest absolute Gasteiger partial charge is 0.508 e. The summed E-state index contributed by atoms with van der Waals surface area (Å²) in [6, 6.07) is 20.3. The van der Waals surface area contributed by atoms with Crippen LogP contribution < -0.4 is 11.1 Å². The quantitative estimate of drug-likeness (QED) is 0.270. The molecule has 4 aromatic rings. The van der Waals surface area contributed by atoms with Crippen molar-refractivity contribution in [1.82, 2.24) is 25.0 Å². The predicted molar refractivity (Wildman–Crippen MR) is 166 cm³/mol. The van der Waals surface area contributed by atoms with Crippen molar-refractivity contribution in [2.45, 2.75) is 58.0 Å². The smallest absolute Gasteiger partial charge is 0.240 e. The van der Waals surface area contributed by atoms with E-state index in [4.69, 9.17) is 10.8 Å². The van der Waals surface area contributed by atoms with Gasteiger partial charge in [-0.3, -0.25) is 19.5 Å². The number of primary amides is 1. The molecule has 0 aliphatic carbocycles. The zero-order chi connectivity index (χ0) is 30.6. The van der Waals surface area contributed by atoms with Crippen molar-refractivity contribution in [3.05, 3.63) is 95.9 Å². The number of nitrogens with two attached hydrogens (primary N) is 1. The molecule has 0 bridgehead atoms. The highest BCUT2D eigenvalue weighted by Gasteiger charge is 2.28. The van der Waals surface area contributed by atoms with E-state index in [0.717, 1.165) is 41.3 Å². The number of phenolic OH excluding ortho intramolecular Hbond substituents is 1. The molecule has 1 aliphatic rings. The van der Waals surface area contributed by atoms with Gasteiger partial charge in [-0.15, -0.1) is 0 Å². The Morgan fingerprint density at radius 1 is 1.02 bits per heavy atom. The standard InChI is InChI=1S/C34H40N6O3/c1-34(2,3)26-10-8-24(9-11-26)31-30(5-4-17-36-31)40-20-16-27(38-40)22-39-18-14-25(15-19-39)33(43)37-29(32(35)42)21-23-6-12-28(41)13-7-23/h4-13,16-17,20,25,29,41H,14-15,18-19,21-22H2,1-3H3,(H2,35,42)(H,37,43)/t29-/m0/s1. The molecular formula is C34H40N6O3. The van der Waals surface area contributed by atoms with Gasteiger partial charge in [0, 0.05) is 36.8 Å². The lowest BCUT2D eigenvalue weighted by Crippen LogP contribution is -2.49. The zero-order valence-electron chi connectivity index (χ0n) is 25.0. The maximum Gasteiger partial charge on any atom is 0.240 e. The van der Waals surface area contributed by atoms with E-state index in [0.29, 0.717) is 19.4 Å². The summed E-state index contributed by atoms with van der Waals surface area (Å²) < 4.78 is 1.88. The number of phenols is 1. The Kier molecular flexibility index (Phi) is 8.92. The zero-order valence-corrected chi connectivity index (χ0v) is 25.0. The van der Waals surface area contributed by atoms with Crippen molar-refractivity contribution in [2.24, 2.45) is 11.7 Å². The highest BCUT2D eigenvalue weighted by molar-refractivity contribution is 5.87. The minimum atomic E-state index is -0.798. The fraction of sp³-hybridized carbons (Fsp3) is 0.353. The minimum Gasteiger partial charge on any atom is -0.508 e. The second-order valence-corrected chi connectivity index (χ2v) is 12.3. The number of amides is 2. The number of pyridine rings is 1. The van der Waals surface area contributed by atoms with Crippen molar-refractivity contribution in [3.63, 3.8) is 0 Å². The van der Waals surface area contributed by atoms with Crippen LogP contribution in [0.4, 0.5) is 0 Å². The van der Waals surface area contributed by atoms with Crippen LogP contribution in [0.1, 0.15) is 50.4 Å². The maximum absolute atomic E-state index is 13.0. The third-order valence-corrected chi connectivity index (χ3v) is 8.08. The number of hydrogen-bond donors (Lipinski definition) is 3. The molecule has 2 aromatic carbocycles. The lowest BCUT2D eigenvalue weighted by atomic mass is 9.86. The molecule has 9 nitrogen and oxygen atoms in total. The number of aromatic hydroxyl groups is 1. The van der Waals surface area contributed by atoms with E-state index in [9.17, 15) is 14.7 Å². The molecule has 1 saturated heterocycles. The molecule has 0 unspecified atom stereocenters. The molecule has 0 saturated carbocycles. The lowest BCUT2D eigenvalue weighted by molar-refractivity contribution is -0.131. The molecule has 5 rings (SSSR count). The van der Waals surface area contributed by atoms with Crippen LogP contribution in [-0.2, 0) is 28.0 Å². The molecule has 0 radical (unpaired) electrons. The van der Waals surface area contributed by atoms with E-state index in [1.165, 1.54) is 5.56 Å². The van der Waals surface area contributed by atoms with Gasteiger partial charge in [-0.25, -0.2) is 4.68 Å². The second kappa shape index (κ2) is 12.8. The van der Waals surface area contributed by atoms with Crippen molar-refractivity contribution < 1.29 is 14.7 Å². The normalized spacial score (nSPS) is 15.2. The van der Waals surface area contributed by atoms with E-state index >= 15 is 0 Å². The number of likely N-dealkylation sites (tertiary alicyclic amines) is 1. The molecule has 3 heterocycles. The molecule has 4 N–H and O–H groups in total. The summed E-state index contributed by atoms with van der Waals surface area (Å²) in [6.45, 7) is 8.80. The Morgan fingerprint density at radius 3 is 2.37 bits per heavy atom. The number of nitrogens with one attached hydrogen (secondary N) is 1. The molecule has 1 atom stereocenters. The van der Waals surface area contributed by atoms with E-state index in [2.05, 4.69) is 60.2 Å². The Morgan fingerprint density at radius 2 is 1.72 bits per heavy atom. The summed E-state index contributed by atoms with van der Waals surface area (Å²) in [4.78, 5) is 32.0. The minimum absolute atomic E-state index is 0.0846. The van der Waals surface area contributed by atoms with Gasteiger partial charge in [0.1, 0.15) is 11.8 Å². The number of rotatable bonds is 9. The number of carbonyl (C=O) groups excluding carboxylic acids is 2. The van der Waals surface area contributed by atoms with Crippen molar-refractivity contribution in [3.8, 4) is 22.7 Å². The fourth-order valence-corrected chi connectivity index (χ4v) is 5.47. The fourth-order valence-electron chi connectivity index (χ4n) is 5.47. The Labute approximate surface area is 252 Å². The maximum atomic E-state index is 13.0. The first-order valence-corrected chi connectivity index (χ1v) is 14.8. The number of hydrogen-bond acceptors (Lipinski definition) is 6. The number of carbonyl (C=O) groups is 2. The van der Waals surface area contributed by atoms with Crippen molar-refractivity contribution >= 4 is 11.8 Å². The Bertz CT molecular complexity index is 1550. The average Bonchev–Trinajstić information content (AvgIpc) is 3.46. The van der Waals surface area contributed by atoms with Gasteiger partial charge >= 0.3 is 0 Å². The monoisotopic (exact) mass is 580 g/mol. The number of aromatic nitrogens is 3. The van der Waals surface area contributed by atoms with Gasteiger partial charge in [0.05, 0.1) is 17.1 Å². The molecular weight excluding hydrogens is 540 g/mol. The van der Waals surface area contributed by atoms with Gasteiger partial charge < -0.3 is 16.2 Å². The molecule has 2 amide bonds. The first kappa shape index (κ1) is 30.0. The van der Waals surface area contributed by atoms with Crippen LogP contribution in [-0.4, -0.2) is 55.7 Å². The van der Waals surface area contributed by atoms with Crippen molar-refractivity contribution in [1.29, 1.82) is 0 Å². The van der Waals surface area contributed by atoms with Crippen LogP contribution in [0.3, 0.4) is 0 Å². The van der Waals surface area contributed by atoms with E-state index in [1.54, 1.807) is 30.5 Å². The summed E-state index contributed by atoms with van der Waals surface area (Å²) in [5, 5.41) is 17.2. The third kappa shape index (κ3) is 7.48. The van der Waals surface area contributed by atoms with Gasteiger partial charge in [0.15, 0.2) is 0 Å². The molecule has 224 valence electrons. The van der Waals surface area contributed by atoms with Gasteiger partial charge in [-0.1, -0.05) is 57.2 Å². The van der Waals surface area contributed by atoms with E-state index in [-0.39, 0.29) is 29.4 Å². The second-order valence-electron chi connectivity index (χ2n) is 12.3. The molecule has 2 aromatic heterocycles. The highest BCUT2D eigenvalue weighted by Crippen LogP contribution is 2.28. The lowest BCUT2D eigenvalue weighted by Gasteiger charge is -2.31. The summed E-state index contributed by atoms with van der Waals surface area (Å²) in [6.07, 6.45) is 5.44. The first-order valence-electron chi connectivity index (χ1n) is 14.8. The first-order chi connectivity index (χ1) is 20.6. The van der Waals surface area contributed by atoms with E-state index < -0.39 is 11.9 Å². The Balaban J connectivity index is 1.17. The number of benzene rings is 2. The van der Waals surface area contributed by atoms with Crippen molar-refractivity contribution in [2.75, 3.05) is 13.1 Å². The van der Waals surface area contributed by atoms with Gasteiger partial charge in [0.2, 0.25) is 11.8 Å². The topological polar surface area (TPSA) is 126 Å². The number of piperidine rings is 1. The summed E-state index contributed by atoms with van der Waals surface area (Å²) in [5.74, 6) is -0.761. The van der Waals surface area contributed by atoms with Gasteiger partial charge in [-0.05, 0) is 72.8 Å². The summed E-state index contributed by atoms with van der Waals surface area (Å²) >= 11 is 0. The SMILES string of the molecule is CC(C)(C)c1ccc(-c2ncccc2-n2ccc(CN3CCC(C(=O)N[C@@H](Cc4ccc(O)cc4)C(N)=O)CC3)n2)cc1. The van der Waals surface area contributed by atoms with Crippen LogP contribution in [0, 0.1) is 5.92 Å². The third-order valence-electron chi connectivity index (χ3n) is 8.08. The predicted octanol–water partition coefficient (Wildman–Crippen LogP) is 4.36. The summed E-state index contributed by atoms with van der Waals surface area (Å²) in [5.41, 5.74) is 11.5. The molecule has 43 heavy (non-hydrogen) atoms. The van der Waals surface area contributed by atoms with Crippen LogP contribution in [0.5, 0.6) is 5.75 Å². The van der Waals surface area contributed by atoms with Crippen LogP contribution in [0.2, 0.25) is 0 Å². The summed E-state index contributed by atoms with van der Waals surface area (Å²) in [7, 11) is 0. The molecule has 0 spiro atoms. The van der Waals surface area contributed by atoms with Crippen LogP contribution in [0.15, 0.2) is 79.1 Å².